The number of hydrogen-bond acceptors (Lipinski definition) is 3. The van der Waals surface area contributed by atoms with E-state index in [2.05, 4.69) is 24.0 Å². The minimum absolute atomic E-state index is 0.0248. The van der Waals surface area contributed by atoms with E-state index >= 15 is 0 Å². The average molecular weight is 333 g/mol. The van der Waals surface area contributed by atoms with Crippen molar-refractivity contribution in [3.05, 3.63) is 47.5 Å². The summed E-state index contributed by atoms with van der Waals surface area (Å²) >= 11 is 7.92. The van der Waals surface area contributed by atoms with Crippen LogP contribution in [0.3, 0.4) is 0 Å². The molecule has 1 unspecified atom stereocenters. The van der Waals surface area contributed by atoms with Crippen LogP contribution in [0.15, 0.2) is 52.3 Å². The predicted octanol–water partition coefficient (Wildman–Crippen LogP) is 4.60. The number of para-hydroxylation sites is 1. The van der Waals surface area contributed by atoms with Crippen molar-refractivity contribution in [2.24, 2.45) is 5.73 Å². The standard InChI is InChI=1S/C17H17ClN2OS/c1-2-12(10-17(19)21)20-13-5-3-4-6-15(13)22-16-8-7-11(18)9-14(16)20/h3-9,12H,2,10H2,1H3,(H2,19,21). The first-order chi connectivity index (χ1) is 10.6. The second-order valence-electron chi connectivity index (χ2n) is 5.28. The number of benzene rings is 2. The Bertz CT molecular complexity index is 720. The number of anilines is 2. The Morgan fingerprint density at radius 2 is 1.95 bits per heavy atom. The third-order valence-corrected chi connectivity index (χ3v) is 5.16. The SMILES string of the molecule is CCC(CC(N)=O)N1c2ccccc2Sc2ccc(Cl)cc21. The van der Waals surface area contributed by atoms with Gasteiger partial charge in [-0.2, -0.15) is 0 Å². The number of primary amides is 1. The van der Waals surface area contributed by atoms with Crippen molar-refractivity contribution < 1.29 is 4.79 Å². The Morgan fingerprint density at radius 3 is 2.68 bits per heavy atom. The van der Waals surface area contributed by atoms with Gasteiger partial charge in [-0.15, -0.1) is 0 Å². The lowest BCUT2D eigenvalue weighted by molar-refractivity contribution is -0.118. The molecule has 0 spiro atoms. The first-order valence-electron chi connectivity index (χ1n) is 7.24. The lowest BCUT2D eigenvalue weighted by Crippen LogP contribution is -2.36. The first kappa shape index (κ1) is 15.3. The lowest BCUT2D eigenvalue weighted by atomic mass is 10.1. The van der Waals surface area contributed by atoms with Crippen molar-refractivity contribution in [1.29, 1.82) is 0 Å². The van der Waals surface area contributed by atoms with Gasteiger partial charge in [0.05, 0.1) is 11.4 Å². The van der Waals surface area contributed by atoms with Crippen LogP contribution in [0.1, 0.15) is 19.8 Å². The predicted molar refractivity (Wildman–Crippen MR) is 92.0 cm³/mol. The molecule has 0 bridgehead atoms. The number of carbonyl (C=O) groups excluding carboxylic acids is 1. The maximum atomic E-state index is 11.5. The van der Waals surface area contributed by atoms with Gasteiger partial charge in [0.1, 0.15) is 0 Å². The van der Waals surface area contributed by atoms with Crippen LogP contribution in [0, 0.1) is 0 Å². The number of fused-ring (bicyclic) bond motifs is 2. The molecular weight excluding hydrogens is 316 g/mol. The second-order valence-corrected chi connectivity index (χ2v) is 6.80. The van der Waals surface area contributed by atoms with E-state index in [1.807, 2.05) is 30.3 Å². The van der Waals surface area contributed by atoms with E-state index in [0.717, 1.165) is 22.7 Å². The number of nitrogens with zero attached hydrogens (tertiary/aromatic N) is 1. The number of nitrogens with two attached hydrogens (primary N) is 1. The highest BCUT2D eigenvalue weighted by Gasteiger charge is 2.29. The zero-order chi connectivity index (χ0) is 15.7. The molecule has 0 saturated heterocycles. The van der Waals surface area contributed by atoms with Crippen molar-refractivity contribution in [3.63, 3.8) is 0 Å². The molecule has 5 heteroatoms. The van der Waals surface area contributed by atoms with Crippen molar-refractivity contribution in [2.45, 2.75) is 35.6 Å². The molecule has 2 aromatic rings. The second kappa shape index (κ2) is 6.23. The van der Waals surface area contributed by atoms with Gasteiger partial charge in [0, 0.05) is 27.3 Å². The molecule has 22 heavy (non-hydrogen) atoms. The Labute approximate surface area is 139 Å². The van der Waals surface area contributed by atoms with Gasteiger partial charge in [0.2, 0.25) is 5.91 Å². The maximum Gasteiger partial charge on any atom is 0.219 e. The highest BCUT2D eigenvalue weighted by atomic mass is 35.5. The van der Waals surface area contributed by atoms with Crippen molar-refractivity contribution in [2.75, 3.05) is 4.90 Å². The molecule has 0 aromatic heterocycles. The third kappa shape index (κ3) is 2.81. The quantitative estimate of drug-likeness (QED) is 0.890. The van der Waals surface area contributed by atoms with Crippen LogP contribution in [0.25, 0.3) is 0 Å². The van der Waals surface area contributed by atoms with Crippen molar-refractivity contribution in [1.82, 2.24) is 0 Å². The monoisotopic (exact) mass is 332 g/mol. The first-order valence-corrected chi connectivity index (χ1v) is 8.43. The molecule has 0 radical (unpaired) electrons. The number of carbonyl (C=O) groups is 1. The molecule has 0 fully saturated rings. The summed E-state index contributed by atoms with van der Waals surface area (Å²) in [4.78, 5) is 16.0. The van der Waals surface area contributed by atoms with Gasteiger partial charge in [-0.1, -0.05) is 42.4 Å². The van der Waals surface area contributed by atoms with Crippen LogP contribution in [0.2, 0.25) is 5.02 Å². The summed E-state index contributed by atoms with van der Waals surface area (Å²) < 4.78 is 0. The molecule has 0 aliphatic carbocycles. The Balaban J connectivity index is 2.14. The van der Waals surface area contributed by atoms with Gasteiger partial charge in [-0.25, -0.2) is 0 Å². The zero-order valence-corrected chi connectivity index (χ0v) is 13.8. The Hall–Kier alpha value is -1.65. The largest absolute Gasteiger partial charge is 0.370 e. The van der Waals surface area contributed by atoms with Crippen LogP contribution >= 0.6 is 23.4 Å². The molecule has 0 saturated carbocycles. The van der Waals surface area contributed by atoms with Crippen LogP contribution in [-0.2, 0) is 4.79 Å². The van der Waals surface area contributed by atoms with E-state index in [1.54, 1.807) is 11.8 Å². The smallest absolute Gasteiger partial charge is 0.219 e. The number of halogens is 1. The molecular formula is C17H17ClN2OS. The van der Waals surface area contributed by atoms with Gasteiger partial charge < -0.3 is 10.6 Å². The van der Waals surface area contributed by atoms with Crippen LogP contribution in [-0.4, -0.2) is 11.9 Å². The van der Waals surface area contributed by atoms with E-state index in [9.17, 15) is 4.79 Å². The number of hydrogen-bond donors (Lipinski definition) is 1. The Morgan fingerprint density at radius 1 is 1.23 bits per heavy atom. The topological polar surface area (TPSA) is 46.3 Å². The minimum atomic E-state index is -0.286. The molecule has 1 heterocycles. The van der Waals surface area contributed by atoms with E-state index in [1.165, 1.54) is 4.90 Å². The molecule has 1 amide bonds. The van der Waals surface area contributed by atoms with Crippen molar-refractivity contribution in [3.8, 4) is 0 Å². The summed E-state index contributed by atoms with van der Waals surface area (Å²) in [5, 5.41) is 0.692. The van der Waals surface area contributed by atoms with Gasteiger partial charge in [0.15, 0.2) is 0 Å². The summed E-state index contributed by atoms with van der Waals surface area (Å²) in [5.74, 6) is -0.286. The average Bonchev–Trinajstić information content (AvgIpc) is 2.50. The van der Waals surface area contributed by atoms with E-state index in [-0.39, 0.29) is 11.9 Å². The molecule has 114 valence electrons. The van der Waals surface area contributed by atoms with Crippen LogP contribution in [0.4, 0.5) is 11.4 Å². The maximum absolute atomic E-state index is 11.5. The fourth-order valence-corrected chi connectivity index (χ4v) is 4.02. The third-order valence-electron chi connectivity index (χ3n) is 3.80. The molecule has 3 nitrogen and oxygen atoms in total. The van der Waals surface area contributed by atoms with Crippen LogP contribution < -0.4 is 10.6 Å². The van der Waals surface area contributed by atoms with Gasteiger partial charge in [-0.3, -0.25) is 4.79 Å². The van der Waals surface area contributed by atoms with E-state index in [4.69, 9.17) is 17.3 Å². The van der Waals surface area contributed by atoms with Gasteiger partial charge in [0.25, 0.3) is 0 Å². The summed E-state index contributed by atoms with van der Waals surface area (Å²) in [6.45, 7) is 2.07. The lowest BCUT2D eigenvalue weighted by Gasteiger charge is -2.38. The Kier molecular flexibility index (Phi) is 4.32. The molecule has 1 aliphatic heterocycles. The van der Waals surface area contributed by atoms with E-state index < -0.39 is 0 Å². The van der Waals surface area contributed by atoms with E-state index in [0.29, 0.717) is 11.4 Å². The highest BCUT2D eigenvalue weighted by molar-refractivity contribution is 7.99. The molecule has 2 N–H and O–H groups in total. The number of rotatable bonds is 4. The summed E-state index contributed by atoms with van der Waals surface area (Å²) in [7, 11) is 0. The summed E-state index contributed by atoms with van der Waals surface area (Å²) in [6.07, 6.45) is 1.15. The van der Waals surface area contributed by atoms with Crippen molar-refractivity contribution >= 4 is 40.6 Å². The molecule has 2 aromatic carbocycles. The summed E-state index contributed by atoms with van der Waals surface area (Å²) in [6, 6.07) is 14.1. The molecule has 1 aliphatic rings. The minimum Gasteiger partial charge on any atom is -0.370 e. The normalized spacial score (nSPS) is 14.2. The molecule has 1 atom stereocenters. The highest BCUT2D eigenvalue weighted by Crippen LogP contribution is 2.50. The number of amides is 1. The summed E-state index contributed by atoms with van der Waals surface area (Å²) in [5.41, 5.74) is 7.60. The van der Waals surface area contributed by atoms with Gasteiger partial charge >= 0.3 is 0 Å². The fraction of sp³-hybridized carbons (Fsp3) is 0.235. The molecule has 3 rings (SSSR count). The van der Waals surface area contributed by atoms with Crippen LogP contribution in [0.5, 0.6) is 0 Å². The van der Waals surface area contributed by atoms with Gasteiger partial charge in [-0.05, 0) is 36.8 Å². The zero-order valence-electron chi connectivity index (χ0n) is 12.3. The fourth-order valence-electron chi connectivity index (χ4n) is 2.80.